The number of rotatable bonds is 7. The molecule has 0 spiro atoms. The first-order valence-electron chi connectivity index (χ1n) is 13.8. The maximum Gasteiger partial charge on any atom is 0.319 e. The smallest absolute Gasteiger partial charge is 0.319 e. The van der Waals surface area contributed by atoms with Gasteiger partial charge in [-0.25, -0.2) is 9.18 Å². The molecule has 7 nitrogen and oxygen atoms in total. The van der Waals surface area contributed by atoms with Crippen molar-refractivity contribution in [2.45, 2.75) is 50.8 Å². The Morgan fingerprint density at radius 2 is 1.77 bits per heavy atom. The van der Waals surface area contributed by atoms with Gasteiger partial charge in [0.2, 0.25) is 0 Å². The molecule has 1 unspecified atom stereocenters. The van der Waals surface area contributed by atoms with Crippen LogP contribution in [0.4, 0.5) is 14.9 Å². The summed E-state index contributed by atoms with van der Waals surface area (Å²) in [6, 6.07) is 21.8. The van der Waals surface area contributed by atoms with Gasteiger partial charge in [0, 0.05) is 36.0 Å². The molecule has 2 amide bonds. The first-order valence-corrected chi connectivity index (χ1v) is 13.8. The number of hydrogen-bond donors (Lipinski definition) is 2. The number of aromatic nitrogens is 1. The van der Waals surface area contributed by atoms with Gasteiger partial charge in [-0.2, -0.15) is 5.26 Å². The predicted molar refractivity (Wildman–Crippen MR) is 152 cm³/mol. The van der Waals surface area contributed by atoms with E-state index >= 15 is 0 Å². The standard InChI is InChI=1S/C32H31FN4O3/c1-20(21-2-6-23(33)7-3-21)35-32(38)36-24-8-4-22(5-9-24)31-29(19-34)28-13-12-27(40-26-14-16-39-17-15-26)18-30(28)37(31)25-10-11-25/h2-9,12-13,18,20,25-26H,10-11,14-17H2,1H3,(H2,35,36,38). The highest BCUT2D eigenvalue weighted by Gasteiger charge is 2.31. The minimum Gasteiger partial charge on any atom is -0.490 e. The minimum atomic E-state index is -0.355. The molecular formula is C32H31FN4O3. The van der Waals surface area contributed by atoms with Gasteiger partial charge in [0.1, 0.15) is 23.7 Å². The van der Waals surface area contributed by atoms with E-state index in [0.29, 0.717) is 30.5 Å². The molecule has 1 aliphatic heterocycles. The summed E-state index contributed by atoms with van der Waals surface area (Å²) in [7, 11) is 0. The van der Waals surface area contributed by atoms with Crippen LogP contribution in [0.25, 0.3) is 22.2 Å². The molecule has 0 radical (unpaired) electrons. The van der Waals surface area contributed by atoms with E-state index in [0.717, 1.165) is 59.2 Å². The summed E-state index contributed by atoms with van der Waals surface area (Å²) in [5.74, 6) is 0.500. The van der Waals surface area contributed by atoms with Gasteiger partial charge in [-0.3, -0.25) is 0 Å². The Morgan fingerprint density at radius 3 is 2.45 bits per heavy atom. The number of nitrogens with zero attached hydrogens (tertiary/aromatic N) is 2. The van der Waals surface area contributed by atoms with Crippen LogP contribution in [0.15, 0.2) is 66.7 Å². The number of amides is 2. The summed E-state index contributed by atoms with van der Waals surface area (Å²) in [4.78, 5) is 12.6. The number of ether oxygens (including phenoxy) is 2. The Balaban J connectivity index is 1.24. The van der Waals surface area contributed by atoms with E-state index in [1.54, 1.807) is 12.1 Å². The predicted octanol–water partition coefficient (Wildman–Crippen LogP) is 7.09. The Labute approximate surface area is 232 Å². The minimum absolute atomic E-state index is 0.140. The van der Waals surface area contributed by atoms with Crippen molar-refractivity contribution in [2.75, 3.05) is 18.5 Å². The number of anilines is 1. The van der Waals surface area contributed by atoms with E-state index in [1.807, 2.05) is 43.3 Å². The molecule has 0 bridgehead atoms. The van der Waals surface area contributed by atoms with E-state index < -0.39 is 0 Å². The second-order valence-electron chi connectivity index (χ2n) is 10.5. The second-order valence-corrected chi connectivity index (χ2v) is 10.5. The van der Waals surface area contributed by atoms with E-state index in [9.17, 15) is 14.4 Å². The number of urea groups is 1. The van der Waals surface area contributed by atoms with Crippen LogP contribution in [0.3, 0.4) is 0 Å². The molecule has 2 aliphatic rings. The Hall–Kier alpha value is -4.35. The van der Waals surface area contributed by atoms with Gasteiger partial charge in [-0.05, 0) is 67.3 Å². The van der Waals surface area contributed by atoms with Crippen LogP contribution in [-0.2, 0) is 4.74 Å². The molecule has 1 aromatic heterocycles. The van der Waals surface area contributed by atoms with Gasteiger partial charge in [-0.15, -0.1) is 0 Å². The van der Waals surface area contributed by atoms with Crippen LogP contribution < -0.4 is 15.4 Å². The summed E-state index contributed by atoms with van der Waals surface area (Å²) in [5.41, 5.74) is 4.90. The van der Waals surface area contributed by atoms with Gasteiger partial charge in [0.25, 0.3) is 0 Å². The molecule has 2 heterocycles. The van der Waals surface area contributed by atoms with Crippen LogP contribution in [0, 0.1) is 17.1 Å². The number of nitriles is 1. The van der Waals surface area contributed by atoms with Gasteiger partial charge >= 0.3 is 6.03 Å². The monoisotopic (exact) mass is 538 g/mol. The summed E-state index contributed by atoms with van der Waals surface area (Å²) in [6.45, 7) is 3.28. The third-order valence-electron chi connectivity index (χ3n) is 7.60. The first-order chi connectivity index (χ1) is 19.5. The Morgan fingerprint density at radius 1 is 1.05 bits per heavy atom. The molecule has 2 N–H and O–H groups in total. The molecule has 2 fully saturated rings. The highest BCUT2D eigenvalue weighted by Crippen LogP contribution is 2.45. The Kier molecular flexibility index (Phi) is 7.14. The first kappa shape index (κ1) is 25.9. The van der Waals surface area contributed by atoms with Gasteiger partial charge in [0.05, 0.1) is 36.0 Å². The number of carbonyl (C=O) groups is 1. The van der Waals surface area contributed by atoms with Gasteiger partial charge < -0.3 is 24.7 Å². The summed E-state index contributed by atoms with van der Waals surface area (Å²) < 4.78 is 27.2. The number of nitrogens with one attached hydrogen (secondary N) is 2. The lowest BCUT2D eigenvalue weighted by atomic mass is 10.1. The lowest BCUT2D eigenvalue weighted by Gasteiger charge is -2.23. The molecule has 204 valence electrons. The SMILES string of the molecule is CC(NC(=O)Nc1ccc(-c2c(C#N)c3ccc(OC4CCOCC4)cc3n2C2CC2)cc1)c1ccc(F)cc1. The van der Waals surface area contributed by atoms with Crippen molar-refractivity contribution >= 4 is 22.6 Å². The van der Waals surface area contributed by atoms with Crippen molar-refractivity contribution in [3.05, 3.63) is 83.7 Å². The van der Waals surface area contributed by atoms with Crippen molar-refractivity contribution in [2.24, 2.45) is 0 Å². The molecule has 1 saturated heterocycles. The molecule has 1 aliphatic carbocycles. The fourth-order valence-electron chi connectivity index (χ4n) is 5.37. The zero-order valence-corrected chi connectivity index (χ0v) is 22.3. The zero-order valence-electron chi connectivity index (χ0n) is 22.3. The zero-order chi connectivity index (χ0) is 27.6. The maximum absolute atomic E-state index is 13.2. The van der Waals surface area contributed by atoms with Crippen LogP contribution in [-0.4, -0.2) is 29.9 Å². The van der Waals surface area contributed by atoms with Crippen molar-refractivity contribution in [3.63, 3.8) is 0 Å². The fourth-order valence-corrected chi connectivity index (χ4v) is 5.37. The third kappa shape index (κ3) is 5.38. The summed E-state index contributed by atoms with van der Waals surface area (Å²) in [5, 5.41) is 16.8. The maximum atomic E-state index is 13.2. The summed E-state index contributed by atoms with van der Waals surface area (Å²) in [6.07, 6.45) is 4.03. The van der Waals surface area contributed by atoms with E-state index in [-0.39, 0.29) is 24.0 Å². The number of benzene rings is 3. The molecule has 8 heteroatoms. The number of fused-ring (bicyclic) bond motifs is 1. The normalized spacial score (nSPS) is 16.3. The van der Waals surface area contributed by atoms with Crippen LogP contribution in [0.1, 0.15) is 55.8 Å². The highest BCUT2D eigenvalue weighted by atomic mass is 19.1. The van der Waals surface area contributed by atoms with Crippen LogP contribution in [0.2, 0.25) is 0 Å². The van der Waals surface area contributed by atoms with Crippen LogP contribution >= 0.6 is 0 Å². The van der Waals surface area contributed by atoms with Crippen molar-refractivity contribution in [3.8, 4) is 23.1 Å². The largest absolute Gasteiger partial charge is 0.490 e. The number of hydrogen-bond acceptors (Lipinski definition) is 4. The van der Waals surface area contributed by atoms with Crippen molar-refractivity contribution in [1.82, 2.24) is 9.88 Å². The van der Waals surface area contributed by atoms with E-state index in [4.69, 9.17) is 9.47 Å². The topological polar surface area (TPSA) is 88.3 Å². The molecular weight excluding hydrogens is 507 g/mol. The van der Waals surface area contributed by atoms with Crippen molar-refractivity contribution < 1.29 is 18.7 Å². The fraction of sp³-hybridized carbons (Fsp3) is 0.312. The Bertz CT molecular complexity index is 1560. The van der Waals surface area contributed by atoms with Gasteiger partial charge in [0.15, 0.2) is 0 Å². The lowest BCUT2D eigenvalue weighted by molar-refractivity contribution is 0.0256. The highest BCUT2D eigenvalue weighted by molar-refractivity contribution is 5.96. The second kappa shape index (κ2) is 11.0. The number of carbonyl (C=O) groups excluding carboxylic acids is 1. The number of halogens is 1. The molecule has 1 saturated carbocycles. The summed E-state index contributed by atoms with van der Waals surface area (Å²) >= 11 is 0. The van der Waals surface area contributed by atoms with Gasteiger partial charge in [-0.1, -0.05) is 24.3 Å². The molecule has 40 heavy (non-hydrogen) atoms. The molecule has 3 aromatic carbocycles. The van der Waals surface area contributed by atoms with E-state index in [1.165, 1.54) is 12.1 Å². The molecule has 1 atom stereocenters. The molecule has 6 rings (SSSR count). The average Bonchev–Trinajstić information content (AvgIpc) is 3.75. The average molecular weight is 539 g/mol. The van der Waals surface area contributed by atoms with Crippen molar-refractivity contribution in [1.29, 1.82) is 5.26 Å². The lowest BCUT2D eigenvalue weighted by Crippen LogP contribution is -2.31. The van der Waals surface area contributed by atoms with E-state index in [2.05, 4.69) is 27.3 Å². The van der Waals surface area contributed by atoms with Crippen LogP contribution in [0.5, 0.6) is 5.75 Å². The molecule has 4 aromatic rings. The third-order valence-corrected chi connectivity index (χ3v) is 7.60. The quantitative estimate of drug-likeness (QED) is 0.263.